The molecule has 3 aromatic rings. The lowest BCUT2D eigenvalue weighted by atomic mass is 10.0. The second-order valence-corrected chi connectivity index (χ2v) is 4.84. The maximum Gasteiger partial charge on any atom is 0.137 e. The molecule has 0 aliphatic heterocycles. The molecule has 0 unspecified atom stereocenters. The van der Waals surface area contributed by atoms with Crippen molar-refractivity contribution in [3.05, 3.63) is 59.4 Å². The fourth-order valence-electron chi connectivity index (χ4n) is 2.38. The molecule has 2 aromatic heterocycles. The van der Waals surface area contributed by atoms with Crippen LogP contribution in [0.5, 0.6) is 0 Å². The van der Waals surface area contributed by atoms with Crippen molar-refractivity contribution in [3.63, 3.8) is 0 Å². The van der Waals surface area contributed by atoms with E-state index >= 15 is 0 Å². The van der Waals surface area contributed by atoms with Crippen molar-refractivity contribution in [1.82, 2.24) is 9.38 Å². The number of aromatic nitrogens is 2. The first-order chi connectivity index (χ1) is 8.65. The van der Waals surface area contributed by atoms with Crippen LogP contribution in [-0.4, -0.2) is 9.38 Å². The van der Waals surface area contributed by atoms with E-state index in [-0.39, 0.29) is 17.0 Å². The molecule has 0 fully saturated rings. The number of aryl methyl sites for hydroxylation is 3. The lowest BCUT2D eigenvalue weighted by Crippen LogP contribution is -1.86. The molecule has 3 rings (SSSR count). The summed E-state index contributed by atoms with van der Waals surface area (Å²) in [5.74, 6) is 0. The highest BCUT2D eigenvalue weighted by molar-refractivity contribution is 8.93. The monoisotopic (exact) mass is 316 g/mol. The largest absolute Gasteiger partial charge is 0.304 e. The first-order valence-corrected chi connectivity index (χ1v) is 6.17. The first-order valence-electron chi connectivity index (χ1n) is 6.17. The SMILES string of the molecule is Br.Cc1ccc(-c2cn3c(C)cccc3n2)c(C)c1. The Hall–Kier alpha value is -1.61. The number of benzene rings is 1. The summed E-state index contributed by atoms with van der Waals surface area (Å²) in [7, 11) is 0. The predicted molar refractivity (Wildman–Crippen MR) is 85.2 cm³/mol. The van der Waals surface area contributed by atoms with Gasteiger partial charge in [0, 0.05) is 17.5 Å². The van der Waals surface area contributed by atoms with Gasteiger partial charge in [0.25, 0.3) is 0 Å². The Kier molecular flexibility index (Phi) is 3.76. The van der Waals surface area contributed by atoms with Gasteiger partial charge >= 0.3 is 0 Å². The number of nitrogens with zero attached hydrogens (tertiary/aromatic N) is 2. The molecule has 0 saturated carbocycles. The van der Waals surface area contributed by atoms with Crippen LogP contribution >= 0.6 is 17.0 Å². The highest BCUT2D eigenvalue weighted by Crippen LogP contribution is 2.24. The van der Waals surface area contributed by atoms with Gasteiger partial charge < -0.3 is 4.40 Å². The van der Waals surface area contributed by atoms with E-state index in [4.69, 9.17) is 4.98 Å². The van der Waals surface area contributed by atoms with Crippen LogP contribution in [0.4, 0.5) is 0 Å². The van der Waals surface area contributed by atoms with Crippen molar-refractivity contribution in [2.75, 3.05) is 0 Å². The maximum absolute atomic E-state index is 4.70. The molecule has 0 aliphatic carbocycles. The van der Waals surface area contributed by atoms with Crippen LogP contribution in [0.1, 0.15) is 16.8 Å². The zero-order valence-electron chi connectivity index (χ0n) is 11.3. The van der Waals surface area contributed by atoms with Crippen molar-refractivity contribution in [1.29, 1.82) is 0 Å². The van der Waals surface area contributed by atoms with E-state index in [1.807, 2.05) is 12.1 Å². The molecule has 0 radical (unpaired) electrons. The van der Waals surface area contributed by atoms with Crippen LogP contribution in [0.25, 0.3) is 16.9 Å². The normalized spacial score (nSPS) is 10.5. The number of hydrogen-bond acceptors (Lipinski definition) is 1. The third kappa shape index (κ3) is 2.43. The Morgan fingerprint density at radius 1 is 1.00 bits per heavy atom. The Balaban J connectivity index is 0.00000133. The number of imidazole rings is 1. The molecule has 2 nitrogen and oxygen atoms in total. The van der Waals surface area contributed by atoms with Crippen LogP contribution < -0.4 is 0 Å². The summed E-state index contributed by atoms with van der Waals surface area (Å²) in [4.78, 5) is 4.70. The number of pyridine rings is 1. The van der Waals surface area contributed by atoms with E-state index in [0.29, 0.717) is 0 Å². The van der Waals surface area contributed by atoms with Crippen LogP contribution in [0.2, 0.25) is 0 Å². The third-order valence-corrected chi connectivity index (χ3v) is 3.35. The Morgan fingerprint density at radius 3 is 2.47 bits per heavy atom. The summed E-state index contributed by atoms with van der Waals surface area (Å²) in [5.41, 5.74) is 7.03. The Bertz CT molecular complexity index is 729. The maximum atomic E-state index is 4.70. The van der Waals surface area contributed by atoms with Gasteiger partial charge in [-0.15, -0.1) is 17.0 Å². The number of fused-ring (bicyclic) bond motifs is 1. The summed E-state index contributed by atoms with van der Waals surface area (Å²) in [6, 6.07) is 12.7. The van der Waals surface area contributed by atoms with E-state index in [1.54, 1.807) is 0 Å². The molecule has 0 bridgehead atoms. The predicted octanol–water partition coefficient (Wildman–Crippen LogP) is 4.50. The summed E-state index contributed by atoms with van der Waals surface area (Å²) < 4.78 is 2.13. The summed E-state index contributed by atoms with van der Waals surface area (Å²) in [5, 5.41) is 0. The molecule has 0 amide bonds. The van der Waals surface area contributed by atoms with E-state index in [1.165, 1.54) is 22.4 Å². The molecule has 0 atom stereocenters. The van der Waals surface area contributed by atoms with Gasteiger partial charge in [0.05, 0.1) is 5.69 Å². The van der Waals surface area contributed by atoms with Crippen LogP contribution in [-0.2, 0) is 0 Å². The smallest absolute Gasteiger partial charge is 0.137 e. The minimum absolute atomic E-state index is 0. The molecule has 0 spiro atoms. The van der Waals surface area contributed by atoms with Gasteiger partial charge in [0.2, 0.25) is 0 Å². The fourth-order valence-corrected chi connectivity index (χ4v) is 2.38. The van der Waals surface area contributed by atoms with Gasteiger partial charge in [-0.25, -0.2) is 4.98 Å². The molecular formula is C16H17BrN2. The van der Waals surface area contributed by atoms with E-state index in [0.717, 1.165) is 11.3 Å². The number of hydrogen-bond donors (Lipinski definition) is 0. The molecule has 98 valence electrons. The lowest BCUT2D eigenvalue weighted by Gasteiger charge is -2.03. The molecule has 3 heteroatoms. The van der Waals surface area contributed by atoms with E-state index in [2.05, 4.69) is 55.6 Å². The molecule has 1 aromatic carbocycles. The van der Waals surface area contributed by atoms with Gasteiger partial charge in [-0.2, -0.15) is 0 Å². The Labute approximate surface area is 123 Å². The fraction of sp³-hybridized carbons (Fsp3) is 0.188. The molecule has 0 N–H and O–H groups in total. The number of halogens is 1. The minimum Gasteiger partial charge on any atom is -0.304 e. The van der Waals surface area contributed by atoms with Crippen molar-refractivity contribution in [2.24, 2.45) is 0 Å². The highest BCUT2D eigenvalue weighted by atomic mass is 79.9. The molecule has 2 heterocycles. The van der Waals surface area contributed by atoms with Gasteiger partial charge in [-0.1, -0.05) is 29.8 Å². The van der Waals surface area contributed by atoms with Crippen LogP contribution in [0.3, 0.4) is 0 Å². The zero-order chi connectivity index (χ0) is 12.7. The Morgan fingerprint density at radius 2 is 1.79 bits per heavy atom. The number of rotatable bonds is 1. The molecule has 0 aliphatic rings. The highest BCUT2D eigenvalue weighted by Gasteiger charge is 2.07. The third-order valence-electron chi connectivity index (χ3n) is 3.35. The van der Waals surface area contributed by atoms with Gasteiger partial charge in [0.1, 0.15) is 5.65 Å². The molecular weight excluding hydrogens is 300 g/mol. The lowest BCUT2D eigenvalue weighted by molar-refractivity contribution is 1.09. The second kappa shape index (κ2) is 5.17. The standard InChI is InChI=1S/C16H16N2.BrH/c1-11-7-8-14(12(2)9-11)15-10-18-13(3)5-4-6-16(18)17-15;/h4-10H,1-3H3;1H. The summed E-state index contributed by atoms with van der Waals surface area (Å²) in [6.07, 6.45) is 2.11. The zero-order valence-corrected chi connectivity index (χ0v) is 13.1. The quantitative estimate of drug-likeness (QED) is 0.646. The summed E-state index contributed by atoms with van der Waals surface area (Å²) >= 11 is 0. The van der Waals surface area contributed by atoms with E-state index in [9.17, 15) is 0 Å². The second-order valence-electron chi connectivity index (χ2n) is 4.84. The van der Waals surface area contributed by atoms with Crippen LogP contribution in [0, 0.1) is 20.8 Å². The van der Waals surface area contributed by atoms with Crippen molar-refractivity contribution in [3.8, 4) is 11.3 Å². The van der Waals surface area contributed by atoms with Crippen molar-refractivity contribution in [2.45, 2.75) is 20.8 Å². The average Bonchev–Trinajstić information content (AvgIpc) is 2.74. The van der Waals surface area contributed by atoms with Crippen molar-refractivity contribution >= 4 is 22.6 Å². The first kappa shape index (κ1) is 13.8. The minimum atomic E-state index is 0. The van der Waals surface area contributed by atoms with Gasteiger partial charge in [0.15, 0.2) is 0 Å². The average molecular weight is 317 g/mol. The van der Waals surface area contributed by atoms with Gasteiger partial charge in [-0.3, -0.25) is 0 Å². The molecule has 19 heavy (non-hydrogen) atoms. The van der Waals surface area contributed by atoms with Gasteiger partial charge in [-0.05, 0) is 38.5 Å². The van der Waals surface area contributed by atoms with Crippen LogP contribution in [0.15, 0.2) is 42.6 Å². The summed E-state index contributed by atoms with van der Waals surface area (Å²) in [6.45, 7) is 6.35. The topological polar surface area (TPSA) is 17.3 Å². The van der Waals surface area contributed by atoms with Crippen molar-refractivity contribution < 1.29 is 0 Å². The molecule has 0 saturated heterocycles. The van der Waals surface area contributed by atoms with E-state index < -0.39 is 0 Å².